The van der Waals surface area contributed by atoms with E-state index in [0.29, 0.717) is 12.1 Å². The second-order valence-electron chi connectivity index (χ2n) is 5.06. The topological polar surface area (TPSA) is 12.0 Å². The zero-order chi connectivity index (χ0) is 11.5. The van der Waals surface area contributed by atoms with Crippen LogP contribution in [0, 0.1) is 11.7 Å². The lowest BCUT2D eigenvalue weighted by molar-refractivity contribution is 0.449. The fourth-order valence-electron chi connectivity index (χ4n) is 2.56. The smallest absolute Gasteiger partial charge is 0.123 e. The third-order valence-corrected chi connectivity index (χ3v) is 3.55. The lowest BCUT2D eigenvalue weighted by Gasteiger charge is -2.19. The largest absolute Gasteiger partial charge is 0.307 e. The summed E-state index contributed by atoms with van der Waals surface area (Å²) >= 11 is 0. The van der Waals surface area contributed by atoms with Gasteiger partial charge in [-0.25, -0.2) is 4.39 Å². The zero-order valence-corrected chi connectivity index (χ0v) is 10.0. The molecule has 0 heterocycles. The molecule has 1 fully saturated rings. The van der Waals surface area contributed by atoms with Crippen molar-refractivity contribution >= 4 is 0 Å². The molecular weight excluding hydrogens is 201 g/mol. The highest BCUT2D eigenvalue weighted by Crippen LogP contribution is 2.26. The van der Waals surface area contributed by atoms with Gasteiger partial charge < -0.3 is 5.32 Å². The van der Waals surface area contributed by atoms with Crippen LogP contribution in [0.25, 0.3) is 0 Å². The van der Waals surface area contributed by atoms with Crippen LogP contribution < -0.4 is 5.32 Å². The number of benzene rings is 1. The molecule has 3 unspecified atom stereocenters. The van der Waals surface area contributed by atoms with Crippen molar-refractivity contribution in [1.82, 2.24) is 5.32 Å². The zero-order valence-electron chi connectivity index (χ0n) is 10.0. The van der Waals surface area contributed by atoms with Gasteiger partial charge in [-0.2, -0.15) is 0 Å². The Hall–Kier alpha value is -0.890. The van der Waals surface area contributed by atoms with Crippen LogP contribution >= 0.6 is 0 Å². The summed E-state index contributed by atoms with van der Waals surface area (Å²) < 4.78 is 12.8. The van der Waals surface area contributed by atoms with E-state index in [9.17, 15) is 4.39 Å². The van der Waals surface area contributed by atoms with Crippen LogP contribution in [-0.4, -0.2) is 6.04 Å². The molecule has 1 saturated carbocycles. The molecule has 3 atom stereocenters. The summed E-state index contributed by atoms with van der Waals surface area (Å²) in [4.78, 5) is 0. The molecule has 0 radical (unpaired) electrons. The van der Waals surface area contributed by atoms with Gasteiger partial charge in [-0.05, 0) is 49.8 Å². The minimum absolute atomic E-state index is 0.162. The number of rotatable bonds is 3. The van der Waals surface area contributed by atoms with Gasteiger partial charge in [-0.15, -0.1) is 0 Å². The maximum Gasteiger partial charge on any atom is 0.123 e. The van der Waals surface area contributed by atoms with Gasteiger partial charge in [0.15, 0.2) is 0 Å². The first-order chi connectivity index (χ1) is 7.65. The van der Waals surface area contributed by atoms with Crippen molar-refractivity contribution in [2.24, 2.45) is 5.92 Å². The Balaban J connectivity index is 1.92. The van der Waals surface area contributed by atoms with Crippen LogP contribution in [0.5, 0.6) is 0 Å². The summed E-state index contributed by atoms with van der Waals surface area (Å²) in [5, 5.41) is 3.62. The molecule has 88 valence electrons. The van der Waals surface area contributed by atoms with E-state index >= 15 is 0 Å². The van der Waals surface area contributed by atoms with Gasteiger partial charge in [0.05, 0.1) is 0 Å². The summed E-state index contributed by atoms with van der Waals surface area (Å²) in [5.74, 6) is 0.684. The summed E-state index contributed by atoms with van der Waals surface area (Å²) in [6, 6.07) is 7.75. The molecule has 2 rings (SSSR count). The minimum atomic E-state index is -0.162. The molecule has 1 nitrogen and oxygen atoms in total. The van der Waals surface area contributed by atoms with Crippen molar-refractivity contribution in [2.75, 3.05) is 0 Å². The molecule has 1 aromatic rings. The average Bonchev–Trinajstić information content (AvgIpc) is 2.65. The summed E-state index contributed by atoms with van der Waals surface area (Å²) in [5.41, 5.74) is 1.17. The number of hydrogen-bond acceptors (Lipinski definition) is 1. The predicted octanol–water partition coefficient (Wildman–Crippen LogP) is 3.66. The predicted molar refractivity (Wildman–Crippen MR) is 64.8 cm³/mol. The minimum Gasteiger partial charge on any atom is -0.307 e. The lowest BCUT2D eigenvalue weighted by atomic mass is 10.1. The average molecular weight is 221 g/mol. The van der Waals surface area contributed by atoms with Crippen LogP contribution in [-0.2, 0) is 0 Å². The van der Waals surface area contributed by atoms with E-state index in [0.717, 1.165) is 5.92 Å². The molecule has 0 amide bonds. The van der Waals surface area contributed by atoms with E-state index in [1.807, 2.05) is 12.1 Å². The highest BCUT2D eigenvalue weighted by molar-refractivity contribution is 5.19. The Morgan fingerprint density at radius 1 is 1.25 bits per heavy atom. The van der Waals surface area contributed by atoms with Crippen molar-refractivity contribution in [3.05, 3.63) is 35.6 Å². The van der Waals surface area contributed by atoms with Gasteiger partial charge in [-0.3, -0.25) is 0 Å². The molecule has 0 aromatic heterocycles. The Morgan fingerprint density at radius 3 is 2.50 bits per heavy atom. The van der Waals surface area contributed by atoms with Crippen LogP contribution in [0.3, 0.4) is 0 Å². The fraction of sp³-hybridized carbons (Fsp3) is 0.571. The second-order valence-corrected chi connectivity index (χ2v) is 5.06. The van der Waals surface area contributed by atoms with Crippen LogP contribution in [0.15, 0.2) is 24.3 Å². The highest BCUT2D eigenvalue weighted by atomic mass is 19.1. The molecule has 1 aliphatic rings. The van der Waals surface area contributed by atoms with E-state index in [4.69, 9.17) is 0 Å². The standard InChI is InChI=1S/C14H20FN/c1-10-3-8-14(9-10)16-11(2)12-4-6-13(15)7-5-12/h4-7,10-11,14,16H,3,8-9H2,1-2H3. The molecule has 16 heavy (non-hydrogen) atoms. The van der Waals surface area contributed by atoms with Crippen molar-refractivity contribution < 1.29 is 4.39 Å². The summed E-state index contributed by atoms with van der Waals surface area (Å²) in [7, 11) is 0. The third-order valence-electron chi connectivity index (χ3n) is 3.55. The Labute approximate surface area is 97.1 Å². The van der Waals surface area contributed by atoms with Gasteiger partial charge in [0.25, 0.3) is 0 Å². The third kappa shape index (κ3) is 2.82. The van der Waals surface area contributed by atoms with Gasteiger partial charge in [0, 0.05) is 12.1 Å². The molecule has 0 bridgehead atoms. The molecule has 1 aliphatic carbocycles. The number of hydrogen-bond donors (Lipinski definition) is 1. The molecular formula is C14H20FN. The van der Waals surface area contributed by atoms with Crippen LogP contribution in [0.2, 0.25) is 0 Å². The molecule has 1 aromatic carbocycles. The normalized spacial score (nSPS) is 26.9. The van der Waals surface area contributed by atoms with Crippen molar-refractivity contribution in [1.29, 1.82) is 0 Å². The Morgan fingerprint density at radius 2 is 1.94 bits per heavy atom. The van der Waals surface area contributed by atoms with E-state index in [1.54, 1.807) is 0 Å². The SMILES string of the molecule is CC1CCC(NC(C)c2ccc(F)cc2)C1. The van der Waals surface area contributed by atoms with Gasteiger partial charge in [0.1, 0.15) is 5.82 Å². The molecule has 2 heteroatoms. The van der Waals surface area contributed by atoms with Crippen LogP contribution in [0.1, 0.15) is 44.7 Å². The fourth-order valence-corrected chi connectivity index (χ4v) is 2.56. The quantitative estimate of drug-likeness (QED) is 0.821. The van der Waals surface area contributed by atoms with E-state index < -0.39 is 0 Å². The van der Waals surface area contributed by atoms with E-state index in [2.05, 4.69) is 19.2 Å². The van der Waals surface area contributed by atoms with Gasteiger partial charge >= 0.3 is 0 Å². The van der Waals surface area contributed by atoms with Crippen LogP contribution in [0.4, 0.5) is 4.39 Å². The Kier molecular flexibility index (Phi) is 3.59. The van der Waals surface area contributed by atoms with Crippen molar-refractivity contribution in [3.63, 3.8) is 0 Å². The highest BCUT2D eigenvalue weighted by Gasteiger charge is 2.22. The van der Waals surface area contributed by atoms with E-state index in [-0.39, 0.29) is 5.82 Å². The molecule has 0 aliphatic heterocycles. The Bertz CT molecular complexity index is 333. The van der Waals surface area contributed by atoms with Crippen molar-refractivity contribution in [2.45, 2.75) is 45.2 Å². The lowest BCUT2D eigenvalue weighted by Crippen LogP contribution is -2.29. The molecule has 1 N–H and O–H groups in total. The monoisotopic (exact) mass is 221 g/mol. The number of halogens is 1. The first-order valence-corrected chi connectivity index (χ1v) is 6.16. The first-order valence-electron chi connectivity index (χ1n) is 6.16. The summed E-state index contributed by atoms with van der Waals surface area (Å²) in [6.45, 7) is 4.46. The second kappa shape index (κ2) is 4.96. The van der Waals surface area contributed by atoms with Crippen molar-refractivity contribution in [3.8, 4) is 0 Å². The van der Waals surface area contributed by atoms with Gasteiger partial charge in [0.2, 0.25) is 0 Å². The molecule has 0 saturated heterocycles. The maximum absolute atomic E-state index is 12.8. The maximum atomic E-state index is 12.8. The number of nitrogens with one attached hydrogen (secondary N) is 1. The van der Waals surface area contributed by atoms with Gasteiger partial charge in [-0.1, -0.05) is 19.1 Å². The first kappa shape index (κ1) is 11.6. The van der Waals surface area contributed by atoms with E-state index in [1.165, 1.54) is 37.0 Å². The molecule has 0 spiro atoms. The summed E-state index contributed by atoms with van der Waals surface area (Å²) in [6.07, 6.45) is 3.87.